The van der Waals surface area contributed by atoms with Crippen molar-refractivity contribution >= 4 is 11.4 Å². The average Bonchev–Trinajstić information content (AvgIpc) is 2.36. The molecule has 3 N–H and O–H groups in total. The minimum atomic E-state index is -0.957. The van der Waals surface area contributed by atoms with Crippen molar-refractivity contribution < 1.29 is 8.78 Å². The number of anilines is 2. The fraction of sp³-hybridized carbons (Fsp3) is 0.154. The van der Waals surface area contributed by atoms with E-state index in [4.69, 9.17) is 5.73 Å². The Kier molecular flexibility index (Phi) is 3.41. The van der Waals surface area contributed by atoms with Crippen molar-refractivity contribution in [3.8, 4) is 0 Å². The molecular formula is C13H13F2N3. The van der Waals surface area contributed by atoms with Crippen LogP contribution in [0.5, 0.6) is 0 Å². The molecule has 2 rings (SSSR count). The molecule has 3 nitrogen and oxygen atoms in total. The van der Waals surface area contributed by atoms with Crippen LogP contribution in [0.3, 0.4) is 0 Å². The molecule has 18 heavy (non-hydrogen) atoms. The molecule has 0 spiro atoms. The van der Waals surface area contributed by atoms with Crippen LogP contribution >= 0.6 is 0 Å². The predicted octanol–water partition coefficient (Wildman–Crippen LogP) is 2.86. The standard InChI is InChI=1S/C13H13F2N3/c1-8-6-17-5-4-9(8)7-18-13-11(16)3-2-10(14)12(13)15/h2-6,18H,7,16H2,1H3. The zero-order valence-electron chi connectivity index (χ0n) is 9.87. The first-order valence-electron chi connectivity index (χ1n) is 5.46. The number of rotatable bonds is 3. The van der Waals surface area contributed by atoms with E-state index < -0.39 is 11.6 Å². The summed E-state index contributed by atoms with van der Waals surface area (Å²) in [5.41, 5.74) is 7.71. The number of hydrogen-bond donors (Lipinski definition) is 2. The minimum absolute atomic E-state index is 0.00814. The number of nitrogens with one attached hydrogen (secondary N) is 1. The number of halogens is 2. The van der Waals surface area contributed by atoms with E-state index in [-0.39, 0.29) is 11.4 Å². The number of hydrogen-bond acceptors (Lipinski definition) is 3. The van der Waals surface area contributed by atoms with Crippen LogP contribution in [-0.4, -0.2) is 4.98 Å². The molecule has 1 aromatic heterocycles. The third-order valence-corrected chi connectivity index (χ3v) is 2.72. The Morgan fingerprint density at radius 1 is 1.28 bits per heavy atom. The van der Waals surface area contributed by atoms with Crippen LogP contribution in [0.1, 0.15) is 11.1 Å². The second-order valence-electron chi connectivity index (χ2n) is 3.98. The van der Waals surface area contributed by atoms with Gasteiger partial charge in [-0.3, -0.25) is 4.98 Å². The van der Waals surface area contributed by atoms with Crippen LogP contribution in [-0.2, 0) is 6.54 Å². The minimum Gasteiger partial charge on any atom is -0.397 e. The zero-order valence-corrected chi connectivity index (χ0v) is 9.87. The second-order valence-corrected chi connectivity index (χ2v) is 3.98. The Labute approximate surface area is 104 Å². The number of benzene rings is 1. The molecule has 0 aliphatic heterocycles. The molecular weight excluding hydrogens is 236 g/mol. The molecule has 0 radical (unpaired) electrons. The maximum absolute atomic E-state index is 13.5. The van der Waals surface area contributed by atoms with Gasteiger partial charge in [-0.05, 0) is 36.2 Å². The molecule has 1 heterocycles. The van der Waals surface area contributed by atoms with Gasteiger partial charge in [0.15, 0.2) is 11.6 Å². The largest absolute Gasteiger partial charge is 0.397 e. The van der Waals surface area contributed by atoms with Crippen LogP contribution in [0.15, 0.2) is 30.6 Å². The Hall–Kier alpha value is -2.17. The molecule has 0 aliphatic carbocycles. The van der Waals surface area contributed by atoms with Crippen molar-refractivity contribution in [1.29, 1.82) is 0 Å². The average molecular weight is 249 g/mol. The van der Waals surface area contributed by atoms with Gasteiger partial charge in [0.1, 0.15) is 0 Å². The molecule has 0 bridgehead atoms. The summed E-state index contributed by atoms with van der Waals surface area (Å²) >= 11 is 0. The van der Waals surface area contributed by atoms with Crippen molar-refractivity contribution in [2.24, 2.45) is 0 Å². The van der Waals surface area contributed by atoms with Crippen LogP contribution in [0, 0.1) is 18.6 Å². The molecule has 0 fully saturated rings. The summed E-state index contributed by atoms with van der Waals surface area (Å²) in [4.78, 5) is 3.96. The zero-order chi connectivity index (χ0) is 13.1. The van der Waals surface area contributed by atoms with Gasteiger partial charge >= 0.3 is 0 Å². The van der Waals surface area contributed by atoms with E-state index >= 15 is 0 Å². The third kappa shape index (κ3) is 2.40. The van der Waals surface area contributed by atoms with Crippen molar-refractivity contribution in [3.05, 3.63) is 53.4 Å². The lowest BCUT2D eigenvalue weighted by Gasteiger charge is -2.12. The highest BCUT2D eigenvalue weighted by atomic mass is 19.2. The molecule has 0 saturated carbocycles. The van der Waals surface area contributed by atoms with E-state index in [9.17, 15) is 8.78 Å². The molecule has 0 aliphatic rings. The van der Waals surface area contributed by atoms with Crippen LogP contribution < -0.4 is 11.1 Å². The normalized spacial score (nSPS) is 10.4. The summed E-state index contributed by atoms with van der Waals surface area (Å²) in [6.45, 7) is 2.26. The van der Waals surface area contributed by atoms with Gasteiger partial charge in [-0.2, -0.15) is 0 Å². The molecule has 0 amide bonds. The number of nitrogen functional groups attached to an aromatic ring is 1. The lowest BCUT2D eigenvalue weighted by Crippen LogP contribution is -2.07. The monoisotopic (exact) mass is 249 g/mol. The van der Waals surface area contributed by atoms with Gasteiger partial charge in [-0.15, -0.1) is 0 Å². The summed E-state index contributed by atoms with van der Waals surface area (Å²) in [5.74, 6) is -1.88. The Bertz CT molecular complexity index is 570. The van der Waals surface area contributed by atoms with Crippen molar-refractivity contribution in [3.63, 3.8) is 0 Å². The summed E-state index contributed by atoms with van der Waals surface area (Å²) < 4.78 is 26.6. The fourth-order valence-electron chi connectivity index (χ4n) is 1.63. The summed E-state index contributed by atoms with van der Waals surface area (Å²) in [6, 6.07) is 4.16. The third-order valence-electron chi connectivity index (χ3n) is 2.72. The topological polar surface area (TPSA) is 50.9 Å². The van der Waals surface area contributed by atoms with Crippen molar-refractivity contribution in [1.82, 2.24) is 4.98 Å². The van der Waals surface area contributed by atoms with E-state index in [1.54, 1.807) is 12.4 Å². The number of aryl methyl sites for hydroxylation is 1. The predicted molar refractivity (Wildman–Crippen MR) is 67.1 cm³/mol. The van der Waals surface area contributed by atoms with Gasteiger partial charge in [-0.1, -0.05) is 0 Å². The van der Waals surface area contributed by atoms with E-state index in [0.29, 0.717) is 6.54 Å². The SMILES string of the molecule is Cc1cnccc1CNc1c(N)ccc(F)c1F. The molecule has 0 unspecified atom stereocenters. The number of aromatic nitrogens is 1. The highest BCUT2D eigenvalue weighted by Gasteiger charge is 2.11. The molecule has 0 saturated heterocycles. The maximum atomic E-state index is 13.5. The van der Waals surface area contributed by atoms with Crippen LogP contribution in [0.4, 0.5) is 20.2 Å². The van der Waals surface area contributed by atoms with E-state index in [2.05, 4.69) is 10.3 Å². The van der Waals surface area contributed by atoms with E-state index in [0.717, 1.165) is 17.2 Å². The molecule has 2 aromatic rings. The van der Waals surface area contributed by atoms with Crippen LogP contribution in [0.25, 0.3) is 0 Å². The Morgan fingerprint density at radius 3 is 2.78 bits per heavy atom. The van der Waals surface area contributed by atoms with Gasteiger partial charge in [0.2, 0.25) is 0 Å². The lowest BCUT2D eigenvalue weighted by atomic mass is 10.1. The first-order valence-corrected chi connectivity index (χ1v) is 5.46. The number of pyridine rings is 1. The van der Waals surface area contributed by atoms with Gasteiger partial charge in [-0.25, -0.2) is 8.78 Å². The van der Waals surface area contributed by atoms with Gasteiger partial charge in [0.25, 0.3) is 0 Å². The maximum Gasteiger partial charge on any atom is 0.183 e. The quantitative estimate of drug-likeness (QED) is 0.822. The van der Waals surface area contributed by atoms with Gasteiger partial charge < -0.3 is 11.1 Å². The molecule has 1 aromatic carbocycles. The van der Waals surface area contributed by atoms with Gasteiger partial charge in [0.05, 0.1) is 11.4 Å². The van der Waals surface area contributed by atoms with Crippen molar-refractivity contribution in [2.45, 2.75) is 13.5 Å². The van der Waals surface area contributed by atoms with E-state index in [1.807, 2.05) is 13.0 Å². The Balaban J connectivity index is 2.21. The summed E-state index contributed by atoms with van der Waals surface area (Å²) in [6.07, 6.45) is 3.36. The number of nitrogens with two attached hydrogens (primary N) is 1. The first kappa shape index (κ1) is 12.3. The summed E-state index contributed by atoms with van der Waals surface area (Å²) in [5, 5.41) is 2.81. The van der Waals surface area contributed by atoms with Gasteiger partial charge in [0, 0.05) is 18.9 Å². The van der Waals surface area contributed by atoms with Crippen molar-refractivity contribution in [2.75, 3.05) is 11.1 Å². The molecule has 0 atom stereocenters. The highest BCUT2D eigenvalue weighted by molar-refractivity contribution is 5.66. The van der Waals surface area contributed by atoms with E-state index in [1.165, 1.54) is 6.07 Å². The summed E-state index contributed by atoms with van der Waals surface area (Å²) in [7, 11) is 0. The molecule has 5 heteroatoms. The molecule has 94 valence electrons. The first-order chi connectivity index (χ1) is 8.59. The smallest absolute Gasteiger partial charge is 0.183 e. The van der Waals surface area contributed by atoms with Crippen LogP contribution in [0.2, 0.25) is 0 Å². The lowest BCUT2D eigenvalue weighted by molar-refractivity contribution is 0.511. The highest BCUT2D eigenvalue weighted by Crippen LogP contribution is 2.25. The fourth-order valence-corrected chi connectivity index (χ4v) is 1.63. The second kappa shape index (κ2) is 5.00. The number of nitrogens with zero attached hydrogens (tertiary/aromatic N) is 1. The Morgan fingerprint density at radius 2 is 2.06 bits per heavy atom.